The van der Waals surface area contributed by atoms with E-state index >= 15 is 0 Å². The quantitative estimate of drug-likeness (QED) is 0.419. The number of rotatable bonds is 8. The molecule has 0 aliphatic carbocycles. The highest BCUT2D eigenvalue weighted by Gasteiger charge is 2.12. The number of carbonyl (C=O) groups is 1. The molecule has 0 fully saturated rings. The molecule has 0 atom stereocenters. The summed E-state index contributed by atoms with van der Waals surface area (Å²) in [5, 5.41) is 16.6. The monoisotopic (exact) mass is 435 g/mol. The SMILES string of the molecule is CCOc1ccc(NC(=O)CSc2ccc3nnc(-c4ccc(OC)cc4)n3n2)cc1. The Morgan fingerprint density at radius 2 is 1.74 bits per heavy atom. The Kier molecular flexibility index (Phi) is 6.32. The van der Waals surface area contributed by atoms with E-state index in [4.69, 9.17) is 9.47 Å². The van der Waals surface area contributed by atoms with Crippen molar-refractivity contribution in [1.82, 2.24) is 19.8 Å². The zero-order valence-corrected chi connectivity index (χ0v) is 17.9. The van der Waals surface area contributed by atoms with Crippen LogP contribution in [0.3, 0.4) is 0 Å². The predicted molar refractivity (Wildman–Crippen MR) is 120 cm³/mol. The Balaban J connectivity index is 1.43. The molecule has 9 heteroatoms. The van der Waals surface area contributed by atoms with Crippen molar-refractivity contribution in [3.63, 3.8) is 0 Å². The third-order valence-corrected chi connectivity index (χ3v) is 5.31. The van der Waals surface area contributed by atoms with Crippen LogP contribution in [0.25, 0.3) is 17.0 Å². The average molecular weight is 436 g/mol. The molecule has 2 aromatic carbocycles. The molecule has 2 heterocycles. The van der Waals surface area contributed by atoms with Crippen molar-refractivity contribution in [2.45, 2.75) is 11.9 Å². The van der Waals surface area contributed by atoms with Gasteiger partial charge in [0.05, 0.1) is 19.5 Å². The van der Waals surface area contributed by atoms with Crippen molar-refractivity contribution >= 4 is 29.0 Å². The molecule has 1 amide bonds. The number of hydrogen-bond acceptors (Lipinski definition) is 7. The maximum Gasteiger partial charge on any atom is 0.234 e. The summed E-state index contributed by atoms with van der Waals surface area (Å²) in [6.45, 7) is 2.53. The van der Waals surface area contributed by atoms with Gasteiger partial charge in [0.1, 0.15) is 16.5 Å². The van der Waals surface area contributed by atoms with Gasteiger partial charge in [-0.2, -0.15) is 9.61 Å². The Morgan fingerprint density at radius 3 is 2.45 bits per heavy atom. The van der Waals surface area contributed by atoms with E-state index in [9.17, 15) is 4.79 Å². The van der Waals surface area contributed by atoms with Crippen LogP contribution in [0.2, 0.25) is 0 Å². The summed E-state index contributed by atoms with van der Waals surface area (Å²) in [6, 6.07) is 18.5. The van der Waals surface area contributed by atoms with Gasteiger partial charge in [-0.3, -0.25) is 4.79 Å². The number of ether oxygens (including phenoxy) is 2. The van der Waals surface area contributed by atoms with Crippen molar-refractivity contribution in [1.29, 1.82) is 0 Å². The predicted octanol–water partition coefficient (Wildman–Crippen LogP) is 3.93. The number of nitrogens with zero attached hydrogens (tertiary/aromatic N) is 4. The first-order chi connectivity index (χ1) is 15.2. The van der Waals surface area contributed by atoms with E-state index in [-0.39, 0.29) is 11.7 Å². The molecular formula is C22H21N5O3S. The lowest BCUT2D eigenvalue weighted by molar-refractivity contribution is -0.113. The van der Waals surface area contributed by atoms with E-state index in [2.05, 4.69) is 20.6 Å². The molecule has 0 spiro atoms. The fraction of sp³-hybridized carbons (Fsp3) is 0.182. The third kappa shape index (κ3) is 4.95. The minimum Gasteiger partial charge on any atom is -0.497 e. The zero-order chi connectivity index (χ0) is 21.6. The average Bonchev–Trinajstić information content (AvgIpc) is 3.22. The van der Waals surface area contributed by atoms with E-state index in [1.54, 1.807) is 11.6 Å². The molecule has 0 aliphatic rings. The number of amides is 1. The lowest BCUT2D eigenvalue weighted by Gasteiger charge is -2.07. The lowest BCUT2D eigenvalue weighted by atomic mass is 10.2. The van der Waals surface area contributed by atoms with Crippen LogP contribution in [0.5, 0.6) is 11.5 Å². The summed E-state index contributed by atoms with van der Waals surface area (Å²) in [5.74, 6) is 2.27. The van der Waals surface area contributed by atoms with Crippen LogP contribution < -0.4 is 14.8 Å². The van der Waals surface area contributed by atoms with Crippen LogP contribution in [0.15, 0.2) is 65.7 Å². The molecule has 0 radical (unpaired) electrons. The number of benzene rings is 2. The molecule has 4 aromatic rings. The molecule has 2 aromatic heterocycles. The van der Waals surface area contributed by atoms with Crippen molar-refractivity contribution < 1.29 is 14.3 Å². The number of anilines is 1. The van der Waals surface area contributed by atoms with Crippen LogP contribution in [-0.4, -0.2) is 45.2 Å². The fourth-order valence-corrected chi connectivity index (χ4v) is 3.56. The second-order valence-corrected chi connectivity index (χ2v) is 7.48. The third-order valence-electron chi connectivity index (χ3n) is 4.39. The van der Waals surface area contributed by atoms with Gasteiger partial charge in [-0.25, -0.2) is 0 Å². The number of fused-ring (bicyclic) bond motifs is 1. The van der Waals surface area contributed by atoms with Crippen LogP contribution >= 0.6 is 11.8 Å². The van der Waals surface area contributed by atoms with E-state index in [1.165, 1.54) is 11.8 Å². The van der Waals surface area contributed by atoms with E-state index in [1.807, 2.05) is 67.6 Å². The maximum atomic E-state index is 12.3. The topological polar surface area (TPSA) is 90.6 Å². The summed E-state index contributed by atoms with van der Waals surface area (Å²) in [6.07, 6.45) is 0. The number of methoxy groups -OCH3 is 1. The summed E-state index contributed by atoms with van der Waals surface area (Å²) in [4.78, 5) is 12.3. The van der Waals surface area contributed by atoms with Crippen LogP contribution in [0.1, 0.15) is 6.92 Å². The highest BCUT2D eigenvalue weighted by molar-refractivity contribution is 7.99. The first kappa shape index (κ1) is 20.7. The van der Waals surface area contributed by atoms with Crippen molar-refractivity contribution in [3.05, 3.63) is 60.7 Å². The second kappa shape index (κ2) is 9.48. The molecule has 0 aliphatic heterocycles. The van der Waals surface area contributed by atoms with Crippen LogP contribution in [-0.2, 0) is 4.79 Å². The Labute approximate surface area is 183 Å². The standard InChI is InChI=1S/C22H21N5O3S/c1-3-30-18-10-6-16(7-11-18)23-20(28)14-31-21-13-12-19-24-25-22(27(19)26-21)15-4-8-17(29-2)9-5-15/h4-13H,3,14H2,1-2H3,(H,23,28). The summed E-state index contributed by atoms with van der Waals surface area (Å²) >= 11 is 1.34. The van der Waals surface area contributed by atoms with E-state index in [0.717, 1.165) is 22.7 Å². The summed E-state index contributed by atoms with van der Waals surface area (Å²) in [7, 11) is 1.62. The number of hydrogen-bond donors (Lipinski definition) is 1. The highest BCUT2D eigenvalue weighted by Crippen LogP contribution is 2.23. The first-order valence-corrected chi connectivity index (χ1v) is 10.7. The second-order valence-electron chi connectivity index (χ2n) is 6.49. The maximum absolute atomic E-state index is 12.3. The molecular weight excluding hydrogens is 414 g/mol. The number of thioether (sulfide) groups is 1. The molecule has 4 rings (SSSR count). The minimum atomic E-state index is -0.116. The molecule has 0 unspecified atom stereocenters. The molecule has 158 valence electrons. The molecule has 31 heavy (non-hydrogen) atoms. The highest BCUT2D eigenvalue weighted by atomic mass is 32.2. The van der Waals surface area contributed by atoms with Crippen molar-refractivity contribution in [2.24, 2.45) is 0 Å². The summed E-state index contributed by atoms with van der Waals surface area (Å²) < 4.78 is 12.3. The molecule has 0 saturated carbocycles. The Bertz CT molecular complexity index is 1180. The van der Waals surface area contributed by atoms with Crippen molar-refractivity contribution in [3.8, 4) is 22.9 Å². The van der Waals surface area contributed by atoms with E-state index < -0.39 is 0 Å². The number of aromatic nitrogens is 4. The van der Waals surface area contributed by atoms with Gasteiger partial charge in [0.25, 0.3) is 0 Å². The van der Waals surface area contributed by atoms with Gasteiger partial charge >= 0.3 is 0 Å². The largest absolute Gasteiger partial charge is 0.497 e. The van der Waals surface area contributed by atoms with Crippen molar-refractivity contribution in [2.75, 3.05) is 24.8 Å². The zero-order valence-electron chi connectivity index (χ0n) is 17.1. The van der Waals surface area contributed by atoms with Gasteiger partial charge in [-0.15, -0.1) is 10.2 Å². The minimum absolute atomic E-state index is 0.116. The van der Waals surface area contributed by atoms with Crippen LogP contribution in [0, 0.1) is 0 Å². The molecule has 1 N–H and O–H groups in total. The number of carbonyl (C=O) groups excluding carboxylic acids is 1. The molecule has 8 nitrogen and oxygen atoms in total. The van der Waals surface area contributed by atoms with Gasteiger partial charge in [0, 0.05) is 11.3 Å². The number of nitrogens with one attached hydrogen (secondary N) is 1. The van der Waals surface area contributed by atoms with Gasteiger partial charge < -0.3 is 14.8 Å². The first-order valence-electron chi connectivity index (χ1n) is 9.68. The summed E-state index contributed by atoms with van der Waals surface area (Å²) in [5.41, 5.74) is 2.23. The van der Waals surface area contributed by atoms with Crippen LogP contribution in [0.4, 0.5) is 5.69 Å². The normalized spacial score (nSPS) is 10.8. The van der Waals surface area contributed by atoms with Gasteiger partial charge in [-0.05, 0) is 67.6 Å². The van der Waals surface area contributed by atoms with Gasteiger partial charge in [0.2, 0.25) is 5.91 Å². The molecule has 0 bridgehead atoms. The lowest BCUT2D eigenvalue weighted by Crippen LogP contribution is -2.14. The van der Waals surface area contributed by atoms with Gasteiger partial charge in [-0.1, -0.05) is 11.8 Å². The fourth-order valence-electron chi connectivity index (χ4n) is 2.91. The Morgan fingerprint density at radius 1 is 1.00 bits per heavy atom. The molecule has 0 saturated heterocycles. The van der Waals surface area contributed by atoms with Gasteiger partial charge in [0.15, 0.2) is 11.5 Å². The smallest absolute Gasteiger partial charge is 0.234 e. The van der Waals surface area contributed by atoms with E-state index in [0.29, 0.717) is 23.1 Å². The Hall–Kier alpha value is -3.59.